The van der Waals surface area contributed by atoms with Crippen molar-refractivity contribution >= 4 is 32.8 Å². The number of hydrogen-bond acceptors (Lipinski definition) is 4. The summed E-state index contributed by atoms with van der Waals surface area (Å²) >= 11 is 7.38. The minimum Gasteiger partial charge on any atom is -0.235 e. The van der Waals surface area contributed by atoms with Gasteiger partial charge in [-0.05, 0) is 42.5 Å². The smallest absolute Gasteiger partial charge is 0.176 e. The predicted octanol–water partition coefficient (Wildman–Crippen LogP) is 6.34. The maximum Gasteiger partial charge on any atom is 0.176 e. The molecular weight excluding hydrogens is 429 g/mol. The van der Waals surface area contributed by atoms with Gasteiger partial charge in [0.05, 0.1) is 15.5 Å². The third kappa shape index (κ3) is 4.10. The Morgan fingerprint density at radius 1 is 0.897 bits per heavy atom. The number of nitrogens with zero attached hydrogens (tertiary/aromatic N) is 1. The van der Waals surface area contributed by atoms with Crippen molar-refractivity contribution in [3.8, 4) is 32.3 Å². The summed E-state index contributed by atoms with van der Waals surface area (Å²) in [5, 5.41) is 1.34. The van der Waals surface area contributed by atoms with Gasteiger partial charge in [-0.15, -0.1) is 11.3 Å². The van der Waals surface area contributed by atoms with Crippen LogP contribution >= 0.6 is 22.9 Å². The summed E-state index contributed by atoms with van der Waals surface area (Å²) < 4.78 is 38.2. The number of rotatable bonds is 4. The molecule has 4 rings (SSSR count). The molecule has 0 amide bonds. The number of hydrogen-bond donors (Lipinski definition) is 0. The highest BCUT2D eigenvalue weighted by Gasteiger charge is 2.21. The molecule has 0 radical (unpaired) electrons. The molecule has 1 aromatic heterocycles. The molecule has 0 unspecified atom stereocenters. The highest BCUT2D eigenvalue weighted by Crippen LogP contribution is 2.42. The van der Waals surface area contributed by atoms with Gasteiger partial charge in [-0.1, -0.05) is 41.9 Å². The standard InChI is InChI=1S/C22H15ClFNO2S2/c1-29(26,27)19-5-3-2-4-18(19)21-20(14-8-12-17(24)13-9-14)25-22(28-21)15-6-10-16(23)11-7-15/h2-13H,1H3. The molecule has 3 nitrogen and oxygen atoms in total. The summed E-state index contributed by atoms with van der Waals surface area (Å²) in [5.74, 6) is -0.347. The zero-order chi connectivity index (χ0) is 20.6. The SMILES string of the molecule is CS(=O)(=O)c1ccccc1-c1sc(-c2ccc(Cl)cc2)nc1-c1ccc(F)cc1. The second kappa shape index (κ2) is 7.71. The zero-order valence-electron chi connectivity index (χ0n) is 15.3. The summed E-state index contributed by atoms with van der Waals surface area (Å²) in [6.45, 7) is 0. The van der Waals surface area contributed by atoms with Crippen LogP contribution in [0.1, 0.15) is 0 Å². The fourth-order valence-corrected chi connectivity index (χ4v) is 5.22. The van der Waals surface area contributed by atoms with Gasteiger partial charge >= 0.3 is 0 Å². The van der Waals surface area contributed by atoms with Gasteiger partial charge in [0, 0.05) is 28.0 Å². The van der Waals surface area contributed by atoms with E-state index in [0.29, 0.717) is 26.7 Å². The average molecular weight is 444 g/mol. The topological polar surface area (TPSA) is 47.0 Å². The van der Waals surface area contributed by atoms with Crippen LogP contribution in [0.15, 0.2) is 77.7 Å². The van der Waals surface area contributed by atoms with Crippen molar-refractivity contribution in [3.05, 3.63) is 83.6 Å². The van der Waals surface area contributed by atoms with E-state index in [1.165, 1.54) is 29.7 Å². The van der Waals surface area contributed by atoms with Crippen LogP contribution in [0.25, 0.3) is 32.3 Å². The normalized spacial score (nSPS) is 11.6. The first kappa shape index (κ1) is 19.8. The maximum absolute atomic E-state index is 13.4. The van der Waals surface area contributed by atoms with Crippen LogP contribution in [0.5, 0.6) is 0 Å². The Labute approximate surface area is 177 Å². The van der Waals surface area contributed by atoms with Crippen molar-refractivity contribution in [1.82, 2.24) is 4.98 Å². The molecule has 0 fully saturated rings. The summed E-state index contributed by atoms with van der Waals surface area (Å²) in [4.78, 5) is 5.71. The lowest BCUT2D eigenvalue weighted by atomic mass is 10.1. The van der Waals surface area contributed by atoms with Gasteiger partial charge in [0.1, 0.15) is 10.8 Å². The highest BCUT2D eigenvalue weighted by molar-refractivity contribution is 7.90. The molecule has 0 spiro atoms. The molecule has 0 aliphatic rings. The van der Waals surface area contributed by atoms with Gasteiger partial charge in [0.15, 0.2) is 9.84 Å². The highest BCUT2D eigenvalue weighted by atomic mass is 35.5. The quantitative estimate of drug-likeness (QED) is 0.369. The fraction of sp³-hybridized carbons (Fsp3) is 0.0455. The summed E-state index contributed by atoms with van der Waals surface area (Å²) in [6, 6.07) is 20.1. The van der Waals surface area contributed by atoms with Crippen molar-refractivity contribution in [2.24, 2.45) is 0 Å². The first-order valence-corrected chi connectivity index (χ1v) is 11.7. The Bertz CT molecular complexity index is 1280. The van der Waals surface area contributed by atoms with Crippen molar-refractivity contribution < 1.29 is 12.8 Å². The van der Waals surface area contributed by atoms with E-state index in [4.69, 9.17) is 16.6 Å². The Morgan fingerprint density at radius 3 is 2.17 bits per heavy atom. The summed E-state index contributed by atoms with van der Waals surface area (Å²) in [7, 11) is -3.45. The third-order valence-electron chi connectivity index (χ3n) is 4.37. The molecule has 0 atom stereocenters. The summed E-state index contributed by atoms with van der Waals surface area (Å²) in [6.07, 6.45) is 1.19. The largest absolute Gasteiger partial charge is 0.235 e. The first-order chi connectivity index (χ1) is 13.8. The van der Waals surface area contributed by atoms with Crippen molar-refractivity contribution in [3.63, 3.8) is 0 Å². The van der Waals surface area contributed by atoms with Crippen molar-refractivity contribution in [2.45, 2.75) is 4.90 Å². The molecule has 0 saturated heterocycles. The fourth-order valence-electron chi connectivity index (χ4n) is 3.00. The summed E-state index contributed by atoms with van der Waals surface area (Å²) in [5.41, 5.74) is 2.76. The van der Waals surface area contributed by atoms with Gasteiger partial charge in [-0.25, -0.2) is 17.8 Å². The van der Waals surface area contributed by atoms with Gasteiger partial charge in [-0.2, -0.15) is 0 Å². The molecule has 0 saturated carbocycles. The number of thiazole rings is 1. The van der Waals surface area contributed by atoms with Crippen LogP contribution in [0, 0.1) is 5.82 Å². The van der Waals surface area contributed by atoms with E-state index in [0.717, 1.165) is 10.6 Å². The van der Waals surface area contributed by atoms with E-state index in [1.807, 2.05) is 12.1 Å². The average Bonchev–Trinajstić information content (AvgIpc) is 3.14. The molecule has 3 aromatic carbocycles. The lowest BCUT2D eigenvalue weighted by Gasteiger charge is -2.08. The van der Waals surface area contributed by atoms with Crippen LogP contribution in [0.3, 0.4) is 0 Å². The second-order valence-electron chi connectivity index (χ2n) is 6.48. The van der Waals surface area contributed by atoms with Crippen molar-refractivity contribution in [1.29, 1.82) is 0 Å². The Balaban J connectivity index is 1.98. The van der Waals surface area contributed by atoms with E-state index in [-0.39, 0.29) is 10.7 Å². The molecule has 0 N–H and O–H groups in total. The van der Waals surface area contributed by atoms with E-state index >= 15 is 0 Å². The zero-order valence-corrected chi connectivity index (χ0v) is 17.7. The Kier molecular flexibility index (Phi) is 5.25. The van der Waals surface area contributed by atoms with Crippen LogP contribution in [-0.2, 0) is 9.84 Å². The number of sulfone groups is 1. The Morgan fingerprint density at radius 2 is 1.52 bits per heavy atom. The number of halogens is 2. The van der Waals surface area contributed by atoms with Gasteiger partial charge in [-0.3, -0.25) is 0 Å². The van der Waals surface area contributed by atoms with Crippen LogP contribution in [0.4, 0.5) is 4.39 Å². The second-order valence-corrected chi connectivity index (χ2v) is 9.90. The van der Waals surface area contributed by atoms with Crippen LogP contribution < -0.4 is 0 Å². The van der Waals surface area contributed by atoms with Gasteiger partial charge in [0.2, 0.25) is 0 Å². The maximum atomic E-state index is 13.4. The predicted molar refractivity (Wildman–Crippen MR) is 116 cm³/mol. The molecule has 29 heavy (non-hydrogen) atoms. The first-order valence-electron chi connectivity index (χ1n) is 8.65. The molecule has 1 heterocycles. The van der Waals surface area contributed by atoms with Gasteiger partial charge in [0.25, 0.3) is 0 Å². The monoisotopic (exact) mass is 443 g/mol. The molecule has 7 heteroatoms. The van der Waals surface area contributed by atoms with E-state index in [2.05, 4.69) is 0 Å². The number of aromatic nitrogens is 1. The van der Waals surface area contributed by atoms with E-state index < -0.39 is 9.84 Å². The molecule has 146 valence electrons. The lowest BCUT2D eigenvalue weighted by Crippen LogP contribution is -1.99. The van der Waals surface area contributed by atoms with Crippen molar-refractivity contribution in [2.75, 3.05) is 6.26 Å². The minimum atomic E-state index is -3.45. The van der Waals surface area contributed by atoms with Crippen LogP contribution in [-0.4, -0.2) is 19.7 Å². The molecule has 0 aliphatic heterocycles. The minimum absolute atomic E-state index is 0.231. The van der Waals surface area contributed by atoms with E-state index in [1.54, 1.807) is 48.5 Å². The number of benzene rings is 3. The molecule has 0 aliphatic carbocycles. The third-order valence-corrected chi connectivity index (χ3v) is 6.91. The van der Waals surface area contributed by atoms with E-state index in [9.17, 15) is 12.8 Å². The Hall–Kier alpha value is -2.54. The van der Waals surface area contributed by atoms with Crippen LogP contribution in [0.2, 0.25) is 5.02 Å². The molecule has 0 bridgehead atoms. The molecular formula is C22H15ClFNO2S2. The van der Waals surface area contributed by atoms with Gasteiger partial charge < -0.3 is 0 Å². The molecule has 4 aromatic rings. The lowest BCUT2D eigenvalue weighted by molar-refractivity contribution is 0.602.